The van der Waals surface area contributed by atoms with E-state index in [9.17, 15) is 9.59 Å². The first-order valence-electron chi connectivity index (χ1n) is 4.57. The van der Waals surface area contributed by atoms with Crippen molar-refractivity contribution < 1.29 is 23.8 Å². The maximum atomic E-state index is 10.9. The van der Waals surface area contributed by atoms with E-state index in [0.717, 1.165) is 0 Å². The Labute approximate surface area is 102 Å². The van der Waals surface area contributed by atoms with Crippen molar-refractivity contribution >= 4 is 23.5 Å². The molecule has 0 aromatic carbocycles. The number of rotatable bonds is 4. The van der Waals surface area contributed by atoms with Crippen LogP contribution in [0.2, 0.25) is 5.15 Å². The summed E-state index contributed by atoms with van der Waals surface area (Å²) in [7, 11) is 1.23. The van der Waals surface area contributed by atoms with Crippen LogP contribution in [-0.2, 0) is 14.3 Å². The number of esters is 2. The van der Waals surface area contributed by atoms with E-state index < -0.39 is 11.9 Å². The maximum Gasteiger partial charge on any atom is 0.343 e. The molecule has 0 atom stereocenters. The molecular weight excluding hydrogens is 250 g/mol. The van der Waals surface area contributed by atoms with Crippen LogP contribution in [0.1, 0.15) is 6.92 Å². The molecule has 7 heteroatoms. The predicted octanol–water partition coefficient (Wildman–Crippen LogP) is 1.21. The highest BCUT2D eigenvalue weighted by Crippen LogP contribution is 2.26. The zero-order chi connectivity index (χ0) is 12.8. The van der Waals surface area contributed by atoms with Gasteiger partial charge in [-0.3, -0.25) is 4.79 Å². The van der Waals surface area contributed by atoms with E-state index in [1.165, 1.54) is 26.2 Å². The van der Waals surface area contributed by atoms with Crippen LogP contribution in [0.25, 0.3) is 0 Å². The maximum absolute atomic E-state index is 10.9. The minimum Gasteiger partial charge on any atom is -0.466 e. The molecular formula is C10H10ClNO5. The molecule has 0 fully saturated rings. The summed E-state index contributed by atoms with van der Waals surface area (Å²) in [6.07, 6.45) is 0. The molecule has 6 nitrogen and oxygen atoms in total. The van der Waals surface area contributed by atoms with Crippen molar-refractivity contribution in [3.63, 3.8) is 0 Å². The Morgan fingerprint density at radius 1 is 1.41 bits per heavy atom. The quantitative estimate of drug-likeness (QED) is 0.598. The summed E-state index contributed by atoms with van der Waals surface area (Å²) in [5.41, 5.74) is 0. The topological polar surface area (TPSA) is 74.7 Å². The largest absolute Gasteiger partial charge is 0.466 e. The minimum atomic E-state index is -0.583. The van der Waals surface area contributed by atoms with Crippen LogP contribution < -0.4 is 9.47 Å². The highest BCUT2D eigenvalue weighted by atomic mass is 35.5. The highest BCUT2D eigenvalue weighted by Gasteiger charge is 2.12. The second kappa shape index (κ2) is 6.05. The van der Waals surface area contributed by atoms with Gasteiger partial charge in [0, 0.05) is 6.92 Å². The molecule has 0 spiro atoms. The molecule has 0 N–H and O–H groups in total. The normalized spacial score (nSPS) is 9.59. The van der Waals surface area contributed by atoms with E-state index >= 15 is 0 Å². The predicted molar refractivity (Wildman–Crippen MR) is 58.1 cm³/mol. The van der Waals surface area contributed by atoms with Crippen LogP contribution in [0.15, 0.2) is 12.1 Å². The number of halogens is 1. The van der Waals surface area contributed by atoms with Crippen LogP contribution in [0.3, 0.4) is 0 Å². The third-order valence-corrected chi connectivity index (χ3v) is 1.81. The van der Waals surface area contributed by atoms with Gasteiger partial charge in [0.2, 0.25) is 0 Å². The standard InChI is InChI=1S/C10H10ClNO5/c1-6(13)17-7-3-4-8(11)12-10(7)16-5-9(14)15-2/h3-4H,5H2,1-2H3. The molecule has 1 aromatic heterocycles. The van der Waals surface area contributed by atoms with E-state index in [1.807, 2.05) is 0 Å². The summed E-state index contributed by atoms with van der Waals surface area (Å²) in [6, 6.07) is 2.86. The lowest BCUT2D eigenvalue weighted by molar-refractivity contribution is -0.143. The lowest BCUT2D eigenvalue weighted by Crippen LogP contribution is -2.14. The Kier molecular flexibility index (Phi) is 4.71. The third-order valence-electron chi connectivity index (χ3n) is 1.60. The van der Waals surface area contributed by atoms with Crippen molar-refractivity contribution in [1.82, 2.24) is 4.98 Å². The second-order valence-electron chi connectivity index (χ2n) is 2.90. The van der Waals surface area contributed by atoms with Gasteiger partial charge < -0.3 is 14.2 Å². The van der Waals surface area contributed by atoms with Crippen LogP contribution in [0.4, 0.5) is 0 Å². The molecule has 17 heavy (non-hydrogen) atoms. The number of carbonyl (C=O) groups is 2. The molecule has 0 saturated heterocycles. The van der Waals surface area contributed by atoms with E-state index in [4.69, 9.17) is 21.1 Å². The molecule has 92 valence electrons. The van der Waals surface area contributed by atoms with Crippen molar-refractivity contribution in [3.05, 3.63) is 17.3 Å². The van der Waals surface area contributed by atoms with E-state index in [1.54, 1.807) is 0 Å². The number of carbonyl (C=O) groups excluding carboxylic acids is 2. The Morgan fingerprint density at radius 3 is 2.71 bits per heavy atom. The molecule has 1 aromatic rings. The summed E-state index contributed by atoms with van der Waals surface area (Å²) < 4.78 is 14.2. The van der Waals surface area contributed by atoms with E-state index in [-0.39, 0.29) is 23.4 Å². The van der Waals surface area contributed by atoms with Crippen molar-refractivity contribution in [2.75, 3.05) is 13.7 Å². The van der Waals surface area contributed by atoms with Gasteiger partial charge in [-0.15, -0.1) is 0 Å². The first kappa shape index (κ1) is 13.2. The first-order valence-corrected chi connectivity index (χ1v) is 4.95. The summed E-state index contributed by atoms with van der Waals surface area (Å²) in [5, 5.41) is 0.153. The molecule has 0 aliphatic carbocycles. The second-order valence-corrected chi connectivity index (χ2v) is 3.28. The van der Waals surface area contributed by atoms with Gasteiger partial charge in [-0.2, -0.15) is 4.98 Å². The Hall–Kier alpha value is -1.82. The van der Waals surface area contributed by atoms with Crippen LogP contribution in [-0.4, -0.2) is 30.6 Å². The lowest BCUT2D eigenvalue weighted by atomic mass is 10.4. The van der Waals surface area contributed by atoms with Gasteiger partial charge in [0.1, 0.15) is 5.15 Å². The summed E-state index contributed by atoms with van der Waals surface area (Å²) in [4.78, 5) is 25.5. The molecule has 0 bridgehead atoms. The fourth-order valence-electron chi connectivity index (χ4n) is 0.927. The third kappa shape index (κ3) is 4.28. The van der Waals surface area contributed by atoms with Gasteiger partial charge in [-0.25, -0.2) is 4.79 Å². The van der Waals surface area contributed by atoms with Gasteiger partial charge >= 0.3 is 11.9 Å². The SMILES string of the molecule is COC(=O)COc1nc(Cl)ccc1OC(C)=O. The molecule has 0 amide bonds. The fraction of sp³-hybridized carbons (Fsp3) is 0.300. The molecule has 0 aliphatic heterocycles. The molecule has 0 radical (unpaired) electrons. The van der Waals surface area contributed by atoms with E-state index in [2.05, 4.69) is 9.72 Å². The van der Waals surface area contributed by atoms with Gasteiger partial charge in [0.25, 0.3) is 5.88 Å². The Bertz CT molecular complexity index is 435. The van der Waals surface area contributed by atoms with Gasteiger partial charge in [-0.1, -0.05) is 11.6 Å². The molecule has 0 aliphatic rings. The van der Waals surface area contributed by atoms with E-state index in [0.29, 0.717) is 0 Å². The number of hydrogen-bond donors (Lipinski definition) is 0. The molecule has 1 rings (SSSR count). The number of hydrogen-bond acceptors (Lipinski definition) is 6. The lowest BCUT2D eigenvalue weighted by Gasteiger charge is -2.08. The van der Waals surface area contributed by atoms with Gasteiger partial charge in [0.05, 0.1) is 7.11 Å². The summed E-state index contributed by atoms with van der Waals surface area (Å²) in [6.45, 7) is 0.886. The highest BCUT2D eigenvalue weighted by molar-refractivity contribution is 6.29. The number of nitrogens with zero attached hydrogens (tertiary/aromatic N) is 1. The molecule has 0 saturated carbocycles. The van der Waals surface area contributed by atoms with Crippen LogP contribution in [0.5, 0.6) is 11.6 Å². The number of aromatic nitrogens is 1. The summed E-state index contributed by atoms with van der Waals surface area (Å²) >= 11 is 5.65. The van der Waals surface area contributed by atoms with Crippen molar-refractivity contribution in [3.8, 4) is 11.6 Å². The zero-order valence-electron chi connectivity index (χ0n) is 9.23. The van der Waals surface area contributed by atoms with Crippen LogP contribution in [0, 0.1) is 0 Å². The minimum absolute atomic E-state index is 0.0434. The smallest absolute Gasteiger partial charge is 0.343 e. The Morgan fingerprint density at radius 2 is 2.12 bits per heavy atom. The number of pyridine rings is 1. The summed E-state index contributed by atoms with van der Waals surface area (Å²) in [5.74, 6) is -1.07. The monoisotopic (exact) mass is 259 g/mol. The van der Waals surface area contributed by atoms with Crippen molar-refractivity contribution in [1.29, 1.82) is 0 Å². The average Bonchev–Trinajstić information content (AvgIpc) is 2.28. The average molecular weight is 260 g/mol. The first-order chi connectivity index (χ1) is 8.02. The molecule has 0 unspecified atom stereocenters. The molecule has 1 heterocycles. The van der Waals surface area contributed by atoms with Crippen LogP contribution >= 0.6 is 11.6 Å². The number of methoxy groups -OCH3 is 1. The van der Waals surface area contributed by atoms with Crippen molar-refractivity contribution in [2.45, 2.75) is 6.92 Å². The van der Waals surface area contributed by atoms with Gasteiger partial charge in [0.15, 0.2) is 12.4 Å². The zero-order valence-corrected chi connectivity index (χ0v) is 9.98. The number of ether oxygens (including phenoxy) is 3. The fourth-order valence-corrected chi connectivity index (χ4v) is 1.07. The Balaban J connectivity index is 2.83. The van der Waals surface area contributed by atoms with Crippen molar-refractivity contribution in [2.24, 2.45) is 0 Å². The van der Waals surface area contributed by atoms with Gasteiger partial charge in [-0.05, 0) is 12.1 Å².